The lowest BCUT2D eigenvalue weighted by Crippen LogP contribution is -2.38. The lowest BCUT2D eigenvalue weighted by Gasteiger charge is -2.32. The van der Waals surface area contributed by atoms with E-state index >= 15 is 0 Å². The van der Waals surface area contributed by atoms with Crippen molar-refractivity contribution in [3.05, 3.63) is 29.8 Å². The fraction of sp³-hybridized carbons (Fsp3) is 0.385. The molecule has 2 rings (SSSR count). The van der Waals surface area contributed by atoms with Gasteiger partial charge in [-0.3, -0.25) is 4.79 Å². The average Bonchev–Trinajstić information content (AvgIpc) is 2.52. The smallest absolute Gasteiger partial charge is 0.154 e. The molecule has 1 aliphatic rings. The lowest BCUT2D eigenvalue weighted by atomic mass is 10.0. The molecule has 0 unspecified atom stereocenters. The molecule has 0 aliphatic carbocycles. The van der Waals surface area contributed by atoms with Crippen LogP contribution in [0.1, 0.15) is 25.8 Å². The number of Topliss-reactive ketones (excluding diaryl/α,β-unsaturated/α-hetero) is 1. The molecule has 0 atom stereocenters. The molecule has 1 aliphatic heterocycles. The van der Waals surface area contributed by atoms with Gasteiger partial charge >= 0.3 is 0 Å². The van der Waals surface area contributed by atoms with Crippen LogP contribution in [0.5, 0.6) is 0 Å². The van der Waals surface area contributed by atoms with Gasteiger partial charge < -0.3 is 4.90 Å². The summed E-state index contributed by atoms with van der Waals surface area (Å²) in [5.41, 5.74) is 1.53. The summed E-state index contributed by atoms with van der Waals surface area (Å²) in [7, 11) is 0. The predicted molar refractivity (Wildman–Crippen MR) is 62.2 cm³/mol. The highest BCUT2D eigenvalue weighted by molar-refractivity contribution is 5.89. The van der Waals surface area contributed by atoms with E-state index in [1.54, 1.807) is 12.1 Å². The van der Waals surface area contributed by atoms with Crippen molar-refractivity contribution in [2.75, 3.05) is 11.4 Å². The van der Waals surface area contributed by atoms with Crippen molar-refractivity contribution in [2.45, 2.75) is 25.8 Å². The topological polar surface area (TPSA) is 44.1 Å². The Balaban J connectivity index is 2.31. The maximum absolute atomic E-state index is 11.5. The first-order valence-corrected chi connectivity index (χ1v) is 5.32. The summed E-state index contributed by atoms with van der Waals surface area (Å²) in [5.74, 6) is 0.273. The van der Waals surface area contributed by atoms with Gasteiger partial charge in [-0.2, -0.15) is 5.26 Å². The molecule has 0 radical (unpaired) electrons. The highest BCUT2D eigenvalue weighted by Crippen LogP contribution is 2.31. The number of rotatable bonds is 1. The van der Waals surface area contributed by atoms with E-state index in [0.717, 1.165) is 5.69 Å². The molecule has 0 amide bonds. The van der Waals surface area contributed by atoms with Gasteiger partial charge in [0.05, 0.1) is 18.2 Å². The maximum atomic E-state index is 11.5. The summed E-state index contributed by atoms with van der Waals surface area (Å²) in [4.78, 5) is 13.6. The van der Waals surface area contributed by atoms with Gasteiger partial charge in [-0.05, 0) is 38.1 Å². The van der Waals surface area contributed by atoms with Gasteiger partial charge in [0.15, 0.2) is 5.78 Å². The van der Waals surface area contributed by atoms with Crippen LogP contribution >= 0.6 is 0 Å². The third-order valence-electron chi connectivity index (χ3n) is 3.00. The molecule has 0 spiro atoms. The second-order valence-electron chi connectivity index (χ2n) is 4.77. The van der Waals surface area contributed by atoms with E-state index in [2.05, 4.69) is 24.8 Å². The molecule has 3 nitrogen and oxygen atoms in total. The minimum Gasteiger partial charge on any atom is -0.359 e. The molecule has 1 heterocycles. The van der Waals surface area contributed by atoms with Crippen LogP contribution in [-0.4, -0.2) is 17.9 Å². The molecular weight excluding hydrogens is 200 g/mol. The van der Waals surface area contributed by atoms with Crippen LogP contribution in [0.25, 0.3) is 0 Å². The molecule has 82 valence electrons. The Morgan fingerprint density at radius 2 is 1.94 bits per heavy atom. The first kappa shape index (κ1) is 10.7. The standard InChI is InChI=1S/C13H14N2O/c1-13(2)7-12(16)9-15(13)11-5-3-10(8-14)4-6-11/h3-6H,7,9H2,1-2H3. The molecule has 16 heavy (non-hydrogen) atoms. The number of benzene rings is 1. The van der Waals surface area contributed by atoms with Crippen molar-refractivity contribution in [3.63, 3.8) is 0 Å². The van der Waals surface area contributed by atoms with Crippen LogP contribution in [0.2, 0.25) is 0 Å². The van der Waals surface area contributed by atoms with Crippen LogP contribution in [0.3, 0.4) is 0 Å². The minimum absolute atomic E-state index is 0.120. The van der Waals surface area contributed by atoms with Gasteiger partial charge in [-0.1, -0.05) is 0 Å². The van der Waals surface area contributed by atoms with E-state index in [1.807, 2.05) is 12.1 Å². The van der Waals surface area contributed by atoms with E-state index in [9.17, 15) is 4.79 Å². The normalized spacial score (nSPS) is 18.6. The van der Waals surface area contributed by atoms with Gasteiger partial charge in [0.2, 0.25) is 0 Å². The van der Waals surface area contributed by atoms with Gasteiger partial charge in [0.1, 0.15) is 0 Å². The summed E-state index contributed by atoms with van der Waals surface area (Å²) < 4.78 is 0. The fourth-order valence-corrected chi connectivity index (χ4v) is 2.18. The van der Waals surface area contributed by atoms with Crippen LogP contribution in [-0.2, 0) is 4.79 Å². The Hall–Kier alpha value is -1.82. The summed E-state index contributed by atoms with van der Waals surface area (Å²) in [6, 6.07) is 9.46. The van der Waals surface area contributed by atoms with E-state index < -0.39 is 0 Å². The minimum atomic E-state index is -0.120. The molecule has 0 N–H and O–H groups in total. The average molecular weight is 214 g/mol. The van der Waals surface area contributed by atoms with Crippen molar-refractivity contribution in [1.29, 1.82) is 5.26 Å². The third-order valence-corrected chi connectivity index (χ3v) is 3.00. The Labute approximate surface area is 95.3 Å². The van der Waals surface area contributed by atoms with Gasteiger partial charge in [-0.15, -0.1) is 0 Å². The lowest BCUT2D eigenvalue weighted by molar-refractivity contribution is -0.116. The Morgan fingerprint density at radius 3 is 2.38 bits per heavy atom. The molecule has 0 aromatic heterocycles. The van der Waals surface area contributed by atoms with E-state index in [-0.39, 0.29) is 11.3 Å². The largest absolute Gasteiger partial charge is 0.359 e. The number of nitrogens with zero attached hydrogens (tertiary/aromatic N) is 2. The van der Waals surface area contributed by atoms with E-state index in [1.165, 1.54) is 0 Å². The molecule has 1 aromatic rings. The number of carbonyl (C=O) groups is 1. The highest BCUT2D eigenvalue weighted by atomic mass is 16.1. The van der Waals surface area contributed by atoms with Crippen molar-refractivity contribution in [1.82, 2.24) is 0 Å². The highest BCUT2D eigenvalue weighted by Gasteiger charge is 2.37. The number of carbonyl (C=O) groups excluding carboxylic acids is 1. The van der Waals surface area contributed by atoms with Gasteiger partial charge in [0, 0.05) is 17.6 Å². The summed E-state index contributed by atoms with van der Waals surface area (Å²) in [6.07, 6.45) is 0.590. The van der Waals surface area contributed by atoms with Gasteiger partial charge in [-0.25, -0.2) is 0 Å². The van der Waals surface area contributed by atoms with Crippen LogP contribution in [0.4, 0.5) is 5.69 Å². The third kappa shape index (κ3) is 1.79. The Bertz CT molecular complexity index is 454. The van der Waals surface area contributed by atoms with Crippen LogP contribution < -0.4 is 4.90 Å². The number of anilines is 1. The molecular formula is C13H14N2O. The zero-order valence-electron chi connectivity index (χ0n) is 9.53. The predicted octanol–water partition coefficient (Wildman–Crippen LogP) is 2.12. The first-order valence-electron chi connectivity index (χ1n) is 5.32. The van der Waals surface area contributed by atoms with E-state index in [4.69, 9.17) is 5.26 Å². The van der Waals surface area contributed by atoms with E-state index in [0.29, 0.717) is 18.5 Å². The fourth-order valence-electron chi connectivity index (χ4n) is 2.18. The molecule has 3 heteroatoms. The first-order chi connectivity index (χ1) is 7.53. The molecule has 0 bridgehead atoms. The molecule has 1 saturated heterocycles. The molecule has 1 aromatic carbocycles. The zero-order chi connectivity index (χ0) is 11.8. The Morgan fingerprint density at radius 1 is 1.31 bits per heavy atom. The van der Waals surface area contributed by atoms with Crippen molar-refractivity contribution >= 4 is 11.5 Å². The zero-order valence-corrected chi connectivity index (χ0v) is 9.53. The van der Waals surface area contributed by atoms with Crippen molar-refractivity contribution in [2.24, 2.45) is 0 Å². The monoisotopic (exact) mass is 214 g/mol. The SMILES string of the molecule is CC1(C)CC(=O)CN1c1ccc(C#N)cc1. The summed E-state index contributed by atoms with van der Waals surface area (Å²) >= 11 is 0. The summed E-state index contributed by atoms with van der Waals surface area (Å²) in [5, 5.41) is 8.72. The van der Waals surface area contributed by atoms with Crippen LogP contribution in [0, 0.1) is 11.3 Å². The van der Waals surface area contributed by atoms with Crippen molar-refractivity contribution in [3.8, 4) is 6.07 Å². The summed E-state index contributed by atoms with van der Waals surface area (Å²) in [6.45, 7) is 4.60. The number of nitriles is 1. The molecule has 0 saturated carbocycles. The van der Waals surface area contributed by atoms with Crippen LogP contribution in [0.15, 0.2) is 24.3 Å². The second kappa shape index (κ2) is 3.64. The number of hydrogen-bond acceptors (Lipinski definition) is 3. The number of hydrogen-bond donors (Lipinski definition) is 0. The second-order valence-corrected chi connectivity index (χ2v) is 4.77. The van der Waals surface area contributed by atoms with Gasteiger partial charge in [0.25, 0.3) is 0 Å². The quantitative estimate of drug-likeness (QED) is 0.719. The number of ketones is 1. The Kier molecular flexibility index (Phi) is 2.43. The molecule has 1 fully saturated rings. The maximum Gasteiger partial charge on any atom is 0.154 e. The van der Waals surface area contributed by atoms with Crippen molar-refractivity contribution < 1.29 is 4.79 Å².